The summed E-state index contributed by atoms with van der Waals surface area (Å²) in [6.45, 7) is 6.66. The molecule has 0 bridgehead atoms. The third-order valence-corrected chi connectivity index (χ3v) is 9.97. The minimum atomic E-state index is -0.0180. The van der Waals surface area contributed by atoms with Crippen molar-refractivity contribution in [2.75, 3.05) is 56.3 Å². The normalized spacial score (nSPS) is 18.5. The number of carbonyl (C=O) groups excluding carboxylic acids is 2. The second kappa shape index (κ2) is 16.1. The van der Waals surface area contributed by atoms with Gasteiger partial charge in [0.05, 0.1) is 24.9 Å². The Kier molecular flexibility index (Phi) is 11.2. The van der Waals surface area contributed by atoms with Crippen LogP contribution in [-0.2, 0) is 16.6 Å². The number of hydrogen-bond acceptors (Lipinski definition) is 10. The molecule has 5 heterocycles. The molecule has 0 saturated carbocycles. The Balaban J connectivity index is 0.000000177. The maximum absolute atomic E-state index is 12.6. The van der Waals surface area contributed by atoms with Crippen LogP contribution in [0.15, 0.2) is 73.2 Å². The first-order valence-electron chi connectivity index (χ1n) is 16.6. The van der Waals surface area contributed by atoms with E-state index in [1.54, 1.807) is 17.2 Å². The zero-order chi connectivity index (χ0) is 34.2. The van der Waals surface area contributed by atoms with Gasteiger partial charge in [-0.25, -0.2) is 15.4 Å². The van der Waals surface area contributed by atoms with Gasteiger partial charge in [-0.3, -0.25) is 19.2 Å². The standard InChI is InChI=1S/C21H27N5OS.C15H16N4O2/c1-24-15-22-21(23-24)18-5-3-16(4-6-18)17-7-11-26(12-8-17)20(27)14-25-10-9-19(13-25)28-2;1-2-21-14-7-10(5-6-16-14)15-12-8-11(17-9-20)3-4-13(12)18-19-15/h3-7,15,19H,8-14H2,1-2H3;3-9,15,18-19H,2H2,1H3,(H,17,20)/t19-;/m0./s1. The second-order valence-electron chi connectivity index (χ2n) is 12.1. The summed E-state index contributed by atoms with van der Waals surface area (Å²) in [4.78, 5) is 36.0. The van der Waals surface area contributed by atoms with Gasteiger partial charge in [0.1, 0.15) is 6.33 Å². The number of amides is 2. The zero-order valence-corrected chi connectivity index (χ0v) is 28.9. The van der Waals surface area contributed by atoms with E-state index < -0.39 is 0 Å². The summed E-state index contributed by atoms with van der Waals surface area (Å²) in [5.41, 5.74) is 13.8. The van der Waals surface area contributed by atoms with E-state index in [0.717, 1.165) is 59.9 Å². The fourth-order valence-electron chi connectivity index (χ4n) is 6.28. The van der Waals surface area contributed by atoms with Gasteiger partial charge in [0.2, 0.25) is 18.2 Å². The van der Waals surface area contributed by atoms with Gasteiger partial charge in [-0.15, -0.1) is 0 Å². The molecule has 1 saturated heterocycles. The monoisotopic (exact) mass is 681 g/mol. The number of aromatic nitrogens is 4. The predicted octanol–water partition coefficient (Wildman–Crippen LogP) is 4.60. The molecule has 4 aromatic rings. The Bertz CT molecular complexity index is 1780. The van der Waals surface area contributed by atoms with E-state index in [1.165, 1.54) is 17.6 Å². The molecule has 2 amide bonds. The highest BCUT2D eigenvalue weighted by molar-refractivity contribution is 7.99. The summed E-state index contributed by atoms with van der Waals surface area (Å²) in [5.74, 6) is 1.61. The van der Waals surface area contributed by atoms with Crippen LogP contribution in [-0.4, -0.2) is 92.7 Å². The topological polar surface area (TPSA) is 130 Å². The van der Waals surface area contributed by atoms with Crippen LogP contribution in [0.25, 0.3) is 17.0 Å². The number of benzene rings is 2. The molecule has 13 heteroatoms. The summed E-state index contributed by atoms with van der Waals surface area (Å²) in [6, 6.07) is 18.0. The number of nitrogens with zero attached hydrogens (tertiary/aromatic N) is 6. The maximum atomic E-state index is 12.6. The molecule has 2 atom stereocenters. The lowest BCUT2D eigenvalue weighted by atomic mass is 9.98. The summed E-state index contributed by atoms with van der Waals surface area (Å²) in [5, 5.41) is 7.70. The molecule has 3 N–H and O–H groups in total. The number of anilines is 2. The van der Waals surface area contributed by atoms with Crippen molar-refractivity contribution in [3.8, 4) is 17.3 Å². The molecular weight excluding hydrogens is 639 g/mol. The lowest BCUT2D eigenvalue weighted by Gasteiger charge is -2.28. The molecule has 1 fully saturated rings. The number of hydrazine groups is 1. The van der Waals surface area contributed by atoms with Crippen LogP contribution in [0.4, 0.5) is 11.4 Å². The second-order valence-corrected chi connectivity index (χ2v) is 13.3. The Morgan fingerprint density at radius 3 is 2.63 bits per heavy atom. The van der Waals surface area contributed by atoms with Gasteiger partial charge in [0.15, 0.2) is 5.82 Å². The van der Waals surface area contributed by atoms with Crippen LogP contribution in [0.2, 0.25) is 0 Å². The van der Waals surface area contributed by atoms with Crippen molar-refractivity contribution in [2.24, 2.45) is 7.05 Å². The van der Waals surface area contributed by atoms with Crippen LogP contribution in [0.3, 0.4) is 0 Å². The lowest BCUT2D eigenvalue weighted by molar-refractivity contribution is -0.131. The van der Waals surface area contributed by atoms with Crippen molar-refractivity contribution in [3.05, 3.63) is 89.9 Å². The van der Waals surface area contributed by atoms with Crippen LogP contribution >= 0.6 is 11.8 Å². The first kappa shape index (κ1) is 34.2. The van der Waals surface area contributed by atoms with E-state index in [9.17, 15) is 9.59 Å². The number of rotatable bonds is 10. The number of ether oxygens (including phenoxy) is 1. The average Bonchev–Trinajstić information content (AvgIpc) is 3.89. The van der Waals surface area contributed by atoms with Gasteiger partial charge in [0, 0.05) is 61.0 Å². The Morgan fingerprint density at radius 1 is 1.10 bits per heavy atom. The lowest BCUT2D eigenvalue weighted by Crippen LogP contribution is -2.41. The smallest absolute Gasteiger partial charge is 0.237 e. The van der Waals surface area contributed by atoms with Crippen LogP contribution in [0.5, 0.6) is 5.88 Å². The highest BCUT2D eigenvalue weighted by Gasteiger charge is 2.26. The van der Waals surface area contributed by atoms with Crippen LogP contribution in [0, 0.1) is 0 Å². The number of aryl methyl sites for hydroxylation is 1. The molecule has 0 aliphatic carbocycles. The fraction of sp³-hybridized carbons (Fsp3) is 0.361. The highest BCUT2D eigenvalue weighted by Crippen LogP contribution is 2.35. The number of hydrogen-bond donors (Lipinski definition) is 3. The van der Waals surface area contributed by atoms with Crippen molar-refractivity contribution >= 4 is 41.0 Å². The molecule has 7 rings (SSSR count). The molecule has 49 heavy (non-hydrogen) atoms. The number of fused-ring (bicyclic) bond motifs is 1. The van der Waals surface area contributed by atoms with E-state index in [-0.39, 0.29) is 11.9 Å². The summed E-state index contributed by atoms with van der Waals surface area (Å²) in [6.07, 6.45) is 10.6. The SMILES string of the molecule is CCOc1cc(C2NNc3ccc(NC=O)cc32)ccn1.CS[C@H]1CCN(CC(=O)N2CC=C(c3ccc(-c4ncn(C)n4)cc3)CC2)C1. The van der Waals surface area contributed by atoms with E-state index in [2.05, 4.69) is 72.7 Å². The number of carbonyl (C=O) groups is 2. The van der Waals surface area contributed by atoms with E-state index in [4.69, 9.17) is 4.74 Å². The van der Waals surface area contributed by atoms with E-state index in [1.807, 2.05) is 61.0 Å². The number of nitrogens with one attached hydrogen (secondary N) is 3. The summed E-state index contributed by atoms with van der Waals surface area (Å²) in [7, 11) is 1.87. The molecule has 3 aliphatic rings. The predicted molar refractivity (Wildman–Crippen MR) is 194 cm³/mol. The minimum absolute atomic E-state index is 0.0180. The molecule has 2 aromatic carbocycles. The van der Waals surface area contributed by atoms with Gasteiger partial charge in [0.25, 0.3) is 0 Å². The van der Waals surface area contributed by atoms with Crippen molar-refractivity contribution in [1.29, 1.82) is 0 Å². The van der Waals surface area contributed by atoms with Gasteiger partial charge in [-0.1, -0.05) is 30.3 Å². The first-order chi connectivity index (χ1) is 23.9. The molecule has 12 nitrogen and oxygen atoms in total. The molecule has 256 valence electrons. The molecule has 0 radical (unpaired) electrons. The van der Waals surface area contributed by atoms with Gasteiger partial charge < -0.3 is 20.4 Å². The van der Waals surface area contributed by atoms with Crippen LogP contribution in [0.1, 0.15) is 42.5 Å². The highest BCUT2D eigenvalue weighted by atomic mass is 32.2. The van der Waals surface area contributed by atoms with Crippen molar-refractivity contribution < 1.29 is 14.3 Å². The third-order valence-electron chi connectivity index (χ3n) is 8.92. The first-order valence-corrected chi connectivity index (χ1v) is 17.9. The average molecular weight is 682 g/mol. The van der Waals surface area contributed by atoms with Crippen molar-refractivity contribution in [3.63, 3.8) is 0 Å². The summed E-state index contributed by atoms with van der Waals surface area (Å²) >= 11 is 1.91. The fourth-order valence-corrected chi connectivity index (χ4v) is 6.98. The van der Waals surface area contributed by atoms with E-state index in [0.29, 0.717) is 37.2 Å². The van der Waals surface area contributed by atoms with Crippen molar-refractivity contribution in [2.45, 2.75) is 31.1 Å². The molecule has 1 unspecified atom stereocenters. The number of thioether (sulfide) groups is 1. The Hall–Kier alpha value is -4.72. The molecule has 2 aromatic heterocycles. The third kappa shape index (κ3) is 8.48. The van der Waals surface area contributed by atoms with E-state index >= 15 is 0 Å². The van der Waals surface area contributed by atoms with Crippen LogP contribution < -0.4 is 20.9 Å². The van der Waals surface area contributed by atoms with Gasteiger partial charge in [-0.2, -0.15) is 16.9 Å². The maximum Gasteiger partial charge on any atom is 0.237 e. The quantitative estimate of drug-likeness (QED) is 0.204. The zero-order valence-electron chi connectivity index (χ0n) is 28.1. The molecule has 0 spiro atoms. The summed E-state index contributed by atoms with van der Waals surface area (Å²) < 4.78 is 7.15. The van der Waals surface area contributed by atoms with Gasteiger partial charge >= 0.3 is 0 Å². The van der Waals surface area contributed by atoms with Gasteiger partial charge in [-0.05, 0) is 73.5 Å². The minimum Gasteiger partial charge on any atom is -0.478 e. The number of pyridine rings is 1. The van der Waals surface area contributed by atoms with Crippen molar-refractivity contribution in [1.82, 2.24) is 35.0 Å². The largest absolute Gasteiger partial charge is 0.478 e. The number of likely N-dealkylation sites (tertiary alicyclic amines) is 1. The Morgan fingerprint density at radius 2 is 1.94 bits per heavy atom. The molecule has 3 aliphatic heterocycles. The Labute approximate surface area is 291 Å². The molecular formula is C36H43N9O3S.